The molecule has 6 N–H and O–H groups in total. The minimum Gasteiger partial charge on any atom is -0.387 e. The Balaban J connectivity index is 1.91. The SMILES string of the molecule is CNc1nc2c(ncn2[C@@H]2O[C@H](COP(=O)(O)O)[C@H](O)C2O)c(=O)[nH]1. The van der Waals surface area contributed by atoms with E-state index in [4.69, 9.17) is 14.5 Å². The van der Waals surface area contributed by atoms with Crippen molar-refractivity contribution in [2.24, 2.45) is 0 Å². The second-order valence-corrected chi connectivity index (χ2v) is 6.56. The van der Waals surface area contributed by atoms with Gasteiger partial charge in [0.25, 0.3) is 5.56 Å². The topological polar surface area (TPSA) is 192 Å². The molecule has 3 rings (SSSR count). The van der Waals surface area contributed by atoms with Gasteiger partial charge in [-0.2, -0.15) is 4.98 Å². The molecule has 0 bridgehead atoms. The van der Waals surface area contributed by atoms with Crippen LogP contribution in [0.1, 0.15) is 6.23 Å². The molecular weight excluding hydrogens is 361 g/mol. The van der Waals surface area contributed by atoms with Crippen LogP contribution in [0.15, 0.2) is 11.1 Å². The van der Waals surface area contributed by atoms with Crippen LogP contribution in [0.25, 0.3) is 11.2 Å². The highest BCUT2D eigenvalue weighted by Gasteiger charge is 2.45. The molecule has 14 heteroatoms. The van der Waals surface area contributed by atoms with E-state index < -0.39 is 44.5 Å². The first-order valence-corrected chi connectivity index (χ1v) is 8.60. The molecule has 1 saturated heterocycles. The number of aliphatic hydroxyl groups is 2. The molecule has 0 radical (unpaired) electrons. The molecule has 1 unspecified atom stereocenters. The average Bonchev–Trinajstić information content (AvgIpc) is 3.08. The summed E-state index contributed by atoms with van der Waals surface area (Å²) in [6.45, 7) is -0.637. The summed E-state index contributed by atoms with van der Waals surface area (Å²) in [5, 5.41) is 22.9. The van der Waals surface area contributed by atoms with Crippen LogP contribution in [-0.2, 0) is 13.8 Å². The molecule has 2 aromatic rings. The minimum atomic E-state index is -4.76. The standard InChI is InChI=1S/C11H16N5O8P/c1-12-11-14-8-5(9(19)15-11)13-3-16(8)10-7(18)6(17)4(24-10)2-23-25(20,21)22/h3-4,6-7,10,17-18H,2H2,1H3,(H2,20,21,22)(H2,12,14,15,19)/t4-,6+,7?,10-/m1/s1. The number of anilines is 1. The molecule has 1 fully saturated rings. The van der Waals surface area contributed by atoms with Gasteiger partial charge in [0, 0.05) is 7.05 Å². The monoisotopic (exact) mass is 377 g/mol. The average molecular weight is 377 g/mol. The fourth-order valence-electron chi connectivity index (χ4n) is 2.50. The van der Waals surface area contributed by atoms with Crippen LogP contribution in [0.5, 0.6) is 0 Å². The highest BCUT2D eigenvalue weighted by molar-refractivity contribution is 7.46. The molecule has 0 aliphatic carbocycles. The van der Waals surface area contributed by atoms with Gasteiger partial charge in [0.1, 0.15) is 18.3 Å². The van der Waals surface area contributed by atoms with Crippen LogP contribution in [0.4, 0.5) is 5.95 Å². The molecule has 13 nitrogen and oxygen atoms in total. The molecule has 0 aromatic carbocycles. The first-order chi connectivity index (χ1) is 11.7. The number of aliphatic hydroxyl groups excluding tert-OH is 2. The Kier molecular flexibility index (Phi) is 4.64. The molecule has 4 atom stereocenters. The second-order valence-electron chi connectivity index (χ2n) is 5.32. The summed E-state index contributed by atoms with van der Waals surface area (Å²) in [4.78, 5) is 39.9. The van der Waals surface area contributed by atoms with Crippen molar-refractivity contribution < 1.29 is 33.8 Å². The van der Waals surface area contributed by atoms with E-state index in [1.807, 2.05) is 0 Å². The van der Waals surface area contributed by atoms with Gasteiger partial charge in [-0.25, -0.2) is 9.55 Å². The molecule has 1 aliphatic heterocycles. The van der Waals surface area contributed by atoms with Crippen molar-refractivity contribution in [1.29, 1.82) is 0 Å². The van der Waals surface area contributed by atoms with Crippen molar-refractivity contribution in [3.8, 4) is 0 Å². The maximum absolute atomic E-state index is 11.9. The summed E-state index contributed by atoms with van der Waals surface area (Å²) in [7, 11) is -3.21. The summed E-state index contributed by atoms with van der Waals surface area (Å²) in [5.74, 6) is 0.161. The molecule has 0 spiro atoms. The Labute approximate surface area is 139 Å². The number of aromatic amines is 1. The summed E-state index contributed by atoms with van der Waals surface area (Å²) >= 11 is 0. The van der Waals surface area contributed by atoms with Crippen molar-refractivity contribution in [3.63, 3.8) is 0 Å². The summed E-state index contributed by atoms with van der Waals surface area (Å²) in [6, 6.07) is 0. The van der Waals surface area contributed by atoms with Crippen LogP contribution < -0.4 is 10.9 Å². The van der Waals surface area contributed by atoms with Gasteiger partial charge in [-0.3, -0.25) is 18.9 Å². The number of H-pyrrole nitrogens is 1. The van der Waals surface area contributed by atoms with Crippen LogP contribution >= 0.6 is 7.82 Å². The van der Waals surface area contributed by atoms with Gasteiger partial charge in [-0.05, 0) is 0 Å². The van der Waals surface area contributed by atoms with E-state index in [0.717, 1.165) is 0 Å². The number of rotatable bonds is 5. The largest absolute Gasteiger partial charge is 0.469 e. The minimum absolute atomic E-state index is 0.000734. The predicted molar refractivity (Wildman–Crippen MR) is 81.6 cm³/mol. The summed E-state index contributed by atoms with van der Waals surface area (Å²) in [6.07, 6.45) is -4.10. The van der Waals surface area contributed by atoms with Crippen molar-refractivity contribution in [1.82, 2.24) is 19.5 Å². The molecule has 138 valence electrons. The smallest absolute Gasteiger partial charge is 0.387 e. The van der Waals surface area contributed by atoms with E-state index in [-0.39, 0.29) is 17.1 Å². The number of phosphoric acid groups is 1. The third kappa shape index (κ3) is 3.43. The molecular formula is C11H16N5O8P. The van der Waals surface area contributed by atoms with E-state index in [1.165, 1.54) is 10.9 Å². The van der Waals surface area contributed by atoms with Crippen LogP contribution in [-0.4, -0.2) is 71.5 Å². The maximum Gasteiger partial charge on any atom is 0.469 e. The zero-order chi connectivity index (χ0) is 18.4. The first kappa shape index (κ1) is 17.9. The maximum atomic E-state index is 11.9. The van der Waals surface area contributed by atoms with E-state index in [2.05, 4.69) is 24.8 Å². The molecule has 25 heavy (non-hydrogen) atoms. The lowest BCUT2D eigenvalue weighted by atomic mass is 10.1. The molecule has 2 aromatic heterocycles. The second kappa shape index (κ2) is 6.46. The molecule has 0 amide bonds. The Morgan fingerprint density at radius 2 is 2.16 bits per heavy atom. The Morgan fingerprint density at radius 3 is 2.80 bits per heavy atom. The van der Waals surface area contributed by atoms with Gasteiger partial charge >= 0.3 is 7.82 Å². The van der Waals surface area contributed by atoms with E-state index in [9.17, 15) is 19.6 Å². The van der Waals surface area contributed by atoms with Crippen molar-refractivity contribution in [2.45, 2.75) is 24.5 Å². The number of imidazole rings is 1. The molecule has 0 saturated carbocycles. The lowest BCUT2D eigenvalue weighted by molar-refractivity contribution is -0.0503. The predicted octanol–water partition coefficient (Wildman–Crippen LogP) is -2.11. The van der Waals surface area contributed by atoms with Crippen molar-refractivity contribution in [3.05, 3.63) is 16.7 Å². The zero-order valence-electron chi connectivity index (χ0n) is 12.8. The number of hydrogen-bond donors (Lipinski definition) is 6. The quantitative estimate of drug-likeness (QED) is 0.312. The van der Waals surface area contributed by atoms with E-state index in [0.29, 0.717) is 0 Å². The van der Waals surface area contributed by atoms with Crippen LogP contribution in [0, 0.1) is 0 Å². The fourth-order valence-corrected chi connectivity index (χ4v) is 2.84. The highest BCUT2D eigenvalue weighted by atomic mass is 31.2. The number of ether oxygens (including phenoxy) is 1. The number of fused-ring (bicyclic) bond motifs is 1. The fraction of sp³-hybridized carbons (Fsp3) is 0.545. The van der Waals surface area contributed by atoms with Gasteiger partial charge in [0.2, 0.25) is 5.95 Å². The Hall–Kier alpha value is -1.86. The van der Waals surface area contributed by atoms with E-state index >= 15 is 0 Å². The number of aromatic nitrogens is 4. The zero-order valence-corrected chi connectivity index (χ0v) is 13.7. The van der Waals surface area contributed by atoms with Gasteiger partial charge in [-0.15, -0.1) is 0 Å². The third-order valence-corrected chi connectivity index (χ3v) is 4.17. The van der Waals surface area contributed by atoms with E-state index in [1.54, 1.807) is 7.05 Å². The van der Waals surface area contributed by atoms with Gasteiger partial charge in [-0.1, -0.05) is 0 Å². The molecule has 1 aliphatic rings. The van der Waals surface area contributed by atoms with Crippen molar-refractivity contribution in [2.75, 3.05) is 19.0 Å². The van der Waals surface area contributed by atoms with Gasteiger partial charge in [0.15, 0.2) is 17.4 Å². The number of phosphoric ester groups is 1. The Bertz CT molecular complexity index is 877. The van der Waals surface area contributed by atoms with Gasteiger partial charge < -0.3 is 30.1 Å². The van der Waals surface area contributed by atoms with Gasteiger partial charge in [0.05, 0.1) is 12.9 Å². The number of hydrogen-bond acceptors (Lipinski definition) is 9. The van der Waals surface area contributed by atoms with Crippen LogP contribution in [0.2, 0.25) is 0 Å². The first-order valence-electron chi connectivity index (χ1n) is 7.07. The normalized spacial score (nSPS) is 27.1. The van der Waals surface area contributed by atoms with Crippen LogP contribution in [0.3, 0.4) is 0 Å². The lowest BCUT2D eigenvalue weighted by Gasteiger charge is -2.16. The Morgan fingerprint density at radius 1 is 1.44 bits per heavy atom. The lowest BCUT2D eigenvalue weighted by Crippen LogP contribution is -2.33. The highest BCUT2D eigenvalue weighted by Crippen LogP contribution is 2.38. The number of nitrogens with one attached hydrogen (secondary N) is 2. The van der Waals surface area contributed by atoms with Crippen molar-refractivity contribution >= 4 is 24.9 Å². The summed E-state index contributed by atoms with van der Waals surface area (Å²) < 4.78 is 21.8. The number of nitrogens with zero attached hydrogens (tertiary/aromatic N) is 3. The summed E-state index contributed by atoms with van der Waals surface area (Å²) in [5.41, 5.74) is -0.414. The third-order valence-electron chi connectivity index (χ3n) is 3.69. The molecule has 3 heterocycles.